The molecule has 0 aliphatic heterocycles. The van der Waals surface area contributed by atoms with Crippen LogP contribution in [0.5, 0.6) is 5.75 Å². The molecule has 1 unspecified atom stereocenters. The van der Waals surface area contributed by atoms with E-state index in [1.54, 1.807) is 24.6 Å². The van der Waals surface area contributed by atoms with Crippen LogP contribution in [0.2, 0.25) is 0 Å². The smallest absolute Gasteiger partial charge is 0.337 e. The minimum absolute atomic E-state index is 0.132. The van der Waals surface area contributed by atoms with Crippen molar-refractivity contribution in [3.05, 3.63) is 23.5 Å². The first-order valence-electron chi connectivity index (χ1n) is 5.42. The van der Waals surface area contributed by atoms with Gasteiger partial charge in [0.2, 0.25) is 0 Å². The molecule has 1 atom stereocenters. The van der Waals surface area contributed by atoms with Gasteiger partial charge in [-0.3, -0.25) is 0 Å². The Balaban J connectivity index is 2.88. The van der Waals surface area contributed by atoms with Crippen molar-refractivity contribution in [1.29, 1.82) is 0 Å². The fourth-order valence-corrected chi connectivity index (χ4v) is 2.02. The zero-order valence-electron chi connectivity index (χ0n) is 10.3. The molecule has 1 heterocycles. The molecule has 6 nitrogen and oxygen atoms in total. The van der Waals surface area contributed by atoms with Gasteiger partial charge in [0.05, 0.1) is 18.2 Å². The highest BCUT2D eigenvalue weighted by Crippen LogP contribution is 2.30. The molecule has 0 saturated carbocycles. The SMILES string of the molecule is COc1ccc(C(=O)O)c2c1nc(C(C)O)n2C. The summed E-state index contributed by atoms with van der Waals surface area (Å²) in [6.45, 7) is 1.58. The largest absolute Gasteiger partial charge is 0.494 e. The quantitative estimate of drug-likeness (QED) is 0.858. The predicted octanol–water partition coefficient (Wildman–Crippen LogP) is 1.33. The number of benzene rings is 1. The Hall–Kier alpha value is -2.08. The molecule has 6 heteroatoms. The van der Waals surface area contributed by atoms with Crippen LogP contribution in [0.1, 0.15) is 29.2 Å². The van der Waals surface area contributed by atoms with Crippen LogP contribution in [-0.4, -0.2) is 32.8 Å². The van der Waals surface area contributed by atoms with Gasteiger partial charge in [-0.15, -0.1) is 0 Å². The van der Waals surface area contributed by atoms with Crippen LogP contribution in [0.15, 0.2) is 12.1 Å². The lowest BCUT2D eigenvalue weighted by Crippen LogP contribution is -2.05. The number of carboxylic acids is 1. The highest BCUT2D eigenvalue weighted by Gasteiger charge is 2.20. The number of hydrogen-bond acceptors (Lipinski definition) is 4. The Kier molecular flexibility index (Phi) is 2.96. The molecule has 0 aliphatic carbocycles. The standard InChI is InChI=1S/C12H14N2O4/c1-6(15)11-13-9-8(18-3)5-4-7(12(16)17)10(9)14(11)2/h4-6,15H,1-3H3,(H,16,17). The first-order valence-corrected chi connectivity index (χ1v) is 5.42. The number of aliphatic hydroxyl groups excluding tert-OH is 1. The maximum absolute atomic E-state index is 11.2. The third-order valence-electron chi connectivity index (χ3n) is 2.84. The molecule has 18 heavy (non-hydrogen) atoms. The van der Waals surface area contributed by atoms with Crippen molar-refractivity contribution in [2.45, 2.75) is 13.0 Å². The minimum Gasteiger partial charge on any atom is -0.494 e. The molecular weight excluding hydrogens is 236 g/mol. The Bertz CT molecular complexity index is 616. The number of aromatic nitrogens is 2. The summed E-state index contributed by atoms with van der Waals surface area (Å²) in [6, 6.07) is 3.03. The first kappa shape index (κ1) is 12.4. The molecule has 0 aliphatic rings. The second-order valence-electron chi connectivity index (χ2n) is 4.02. The average Bonchev–Trinajstić information content (AvgIpc) is 2.66. The molecule has 96 valence electrons. The third kappa shape index (κ3) is 1.70. The molecule has 0 spiro atoms. The summed E-state index contributed by atoms with van der Waals surface area (Å²) >= 11 is 0. The number of rotatable bonds is 3. The van der Waals surface area contributed by atoms with E-state index in [4.69, 9.17) is 4.74 Å². The lowest BCUT2D eigenvalue weighted by molar-refractivity contribution is 0.0698. The molecule has 0 bridgehead atoms. The van der Waals surface area contributed by atoms with Gasteiger partial charge < -0.3 is 19.5 Å². The molecule has 2 N–H and O–H groups in total. The molecule has 1 aromatic heterocycles. The van der Waals surface area contributed by atoms with Gasteiger partial charge in [-0.05, 0) is 19.1 Å². The van der Waals surface area contributed by atoms with Crippen LogP contribution in [0, 0.1) is 0 Å². The van der Waals surface area contributed by atoms with E-state index in [1.807, 2.05) is 0 Å². The van der Waals surface area contributed by atoms with Crippen molar-refractivity contribution in [1.82, 2.24) is 9.55 Å². The fraction of sp³-hybridized carbons (Fsp3) is 0.333. The van der Waals surface area contributed by atoms with Gasteiger partial charge in [0.25, 0.3) is 0 Å². The molecule has 0 saturated heterocycles. The van der Waals surface area contributed by atoms with Crippen LogP contribution in [0.25, 0.3) is 11.0 Å². The number of carbonyl (C=O) groups is 1. The summed E-state index contributed by atoms with van der Waals surface area (Å²) in [5, 5.41) is 18.8. The van der Waals surface area contributed by atoms with Crippen LogP contribution >= 0.6 is 0 Å². The van der Waals surface area contributed by atoms with Gasteiger partial charge >= 0.3 is 5.97 Å². The maximum atomic E-state index is 11.2. The van der Waals surface area contributed by atoms with Gasteiger partial charge in [0.1, 0.15) is 23.2 Å². The zero-order chi connectivity index (χ0) is 13.4. The van der Waals surface area contributed by atoms with Crippen molar-refractivity contribution in [2.24, 2.45) is 7.05 Å². The second kappa shape index (κ2) is 4.30. The van der Waals surface area contributed by atoms with Gasteiger partial charge in [-0.1, -0.05) is 0 Å². The van der Waals surface area contributed by atoms with E-state index < -0.39 is 12.1 Å². The fourth-order valence-electron chi connectivity index (χ4n) is 2.02. The van der Waals surface area contributed by atoms with E-state index in [-0.39, 0.29) is 5.56 Å². The summed E-state index contributed by atoms with van der Waals surface area (Å²) in [6.07, 6.45) is -0.784. The summed E-state index contributed by atoms with van der Waals surface area (Å²) in [7, 11) is 3.16. The minimum atomic E-state index is -1.04. The number of fused-ring (bicyclic) bond motifs is 1. The van der Waals surface area contributed by atoms with Gasteiger partial charge in [-0.2, -0.15) is 0 Å². The molecule has 1 aromatic carbocycles. The lowest BCUT2D eigenvalue weighted by Gasteiger charge is -2.06. The molecule has 0 amide bonds. The summed E-state index contributed by atoms with van der Waals surface area (Å²) < 4.78 is 6.74. The van der Waals surface area contributed by atoms with Crippen molar-refractivity contribution >= 4 is 17.0 Å². The van der Waals surface area contributed by atoms with Crippen LogP contribution in [0.3, 0.4) is 0 Å². The Morgan fingerprint density at radius 3 is 2.67 bits per heavy atom. The highest BCUT2D eigenvalue weighted by atomic mass is 16.5. The Labute approximate surface area is 103 Å². The number of hydrogen-bond donors (Lipinski definition) is 2. The summed E-state index contributed by atoms with van der Waals surface area (Å²) in [5.74, 6) is -0.155. The van der Waals surface area contributed by atoms with E-state index >= 15 is 0 Å². The monoisotopic (exact) mass is 250 g/mol. The number of ether oxygens (including phenoxy) is 1. The molecule has 0 radical (unpaired) electrons. The van der Waals surface area contributed by atoms with Crippen molar-refractivity contribution in [2.75, 3.05) is 7.11 Å². The highest BCUT2D eigenvalue weighted by molar-refractivity contribution is 6.03. The zero-order valence-corrected chi connectivity index (χ0v) is 10.3. The number of aliphatic hydroxyl groups is 1. The molecular formula is C12H14N2O4. The number of aromatic carboxylic acids is 1. The lowest BCUT2D eigenvalue weighted by atomic mass is 10.1. The third-order valence-corrected chi connectivity index (χ3v) is 2.84. The number of carboxylic acid groups (broad SMARTS) is 1. The second-order valence-corrected chi connectivity index (χ2v) is 4.02. The van der Waals surface area contributed by atoms with Gasteiger partial charge in [0, 0.05) is 7.05 Å². The van der Waals surface area contributed by atoms with E-state index in [1.165, 1.54) is 13.2 Å². The number of methoxy groups -OCH3 is 1. The first-order chi connectivity index (χ1) is 8.47. The normalized spacial score (nSPS) is 12.7. The maximum Gasteiger partial charge on any atom is 0.337 e. The van der Waals surface area contributed by atoms with Crippen molar-refractivity contribution in [3.63, 3.8) is 0 Å². The predicted molar refractivity (Wildman–Crippen MR) is 64.9 cm³/mol. The topological polar surface area (TPSA) is 84.6 Å². The Morgan fingerprint density at radius 1 is 1.50 bits per heavy atom. The van der Waals surface area contributed by atoms with Crippen molar-refractivity contribution in [3.8, 4) is 5.75 Å². The van der Waals surface area contributed by atoms with E-state index in [9.17, 15) is 15.0 Å². The van der Waals surface area contributed by atoms with Crippen molar-refractivity contribution < 1.29 is 19.7 Å². The molecule has 2 aromatic rings. The van der Waals surface area contributed by atoms with Gasteiger partial charge in [0.15, 0.2) is 0 Å². The Morgan fingerprint density at radius 2 is 2.17 bits per heavy atom. The number of nitrogens with zero attached hydrogens (tertiary/aromatic N) is 2. The molecule has 0 fully saturated rings. The number of imidazole rings is 1. The van der Waals surface area contributed by atoms with E-state index in [0.29, 0.717) is 22.6 Å². The van der Waals surface area contributed by atoms with E-state index in [2.05, 4.69) is 4.98 Å². The van der Waals surface area contributed by atoms with Crippen LogP contribution < -0.4 is 4.74 Å². The average molecular weight is 250 g/mol. The van der Waals surface area contributed by atoms with Crippen LogP contribution in [-0.2, 0) is 7.05 Å². The number of aryl methyl sites for hydroxylation is 1. The molecule has 2 rings (SSSR count). The van der Waals surface area contributed by atoms with Crippen LogP contribution in [0.4, 0.5) is 0 Å². The summed E-state index contributed by atoms with van der Waals surface area (Å²) in [5.41, 5.74) is 1.02. The summed E-state index contributed by atoms with van der Waals surface area (Å²) in [4.78, 5) is 15.5. The van der Waals surface area contributed by atoms with Gasteiger partial charge in [-0.25, -0.2) is 9.78 Å². The van der Waals surface area contributed by atoms with E-state index in [0.717, 1.165) is 0 Å².